The standard InChI is InChI=1S/C30H28N2O3S2/c1-21-8-12-25(13-9-21)35-17-5-16-31-20-23(26-6-3-4-7-27(26)31)18-28-29(33)32(30(36)37-28)19-22-10-14-24(34-2)15-11-22/h3-4,6-15,18,20H,5,16-17,19H2,1-2H3/b28-18-. The minimum absolute atomic E-state index is 0.0610. The summed E-state index contributed by atoms with van der Waals surface area (Å²) in [5.41, 5.74) is 4.37. The van der Waals surface area contributed by atoms with E-state index in [1.165, 1.54) is 17.3 Å². The molecule has 37 heavy (non-hydrogen) atoms. The van der Waals surface area contributed by atoms with Crippen LogP contribution in [0.4, 0.5) is 0 Å². The Labute approximate surface area is 226 Å². The van der Waals surface area contributed by atoms with Gasteiger partial charge in [-0.1, -0.05) is 72.0 Å². The van der Waals surface area contributed by atoms with E-state index < -0.39 is 0 Å². The van der Waals surface area contributed by atoms with Crippen molar-refractivity contribution in [1.29, 1.82) is 0 Å². The van der Waals surface area contributed by atoms with Crippen molar-refractivity contribution in [1.82, 2.24) is 9.47 Å². The van der Waals surface area contributed by atoms with Gasteiger partial charge in [0.05, 0.1) is 25.2 Å². The summed E-state index contributed by atoms with van der Waals surface area (Å²) in [6.45, 7) is 3.96. The topological polar surface area (TPSA) is 43.7 Å². The summed E-state index contributed by atoms with van der Waals surface area (Å²) in [6, 6.07) is 24.1. The second-order valence-corrected chi connectivity index (χ2v) is 10.6. The van der Waals surface area contributed by atoms with Gasteiger partial charge in [-0.05, 0) is 55.3 Å². The maximum absolute atomic E-state index is 13.3. The largest absolute Gasteiger partial charge is 0.497 e. The molecule has 7 heteroatoms. The first-order chi connectivity index (χ1) is 18.0. The van der Waals surface area contributed by atoms with E-state index in [-0.39, 0.29) is 5.91 Å². The molecule has 0 unspecified atom stereocenters. The molecule has 2 heterocycles. The number of thioether (sulfide) groups is 1. The molecule has 0 aliphatic carbocycles. The summed E-state index contributed by atoms with van der Waals surface area (Å²) >= 11 is 6.92. The SMILES string of the molecule is COc1ccc(CN2C(=O)/C(=C/c3cn(CCCOc4ccc(C)cc4)c4ccccc34)SC2=S)cc1. The van der Waals surface area contributed by atoms with Crippen LogP contribution in [0.1, 0.15) is 23.1 Å². The van der Waals surface area contributed by atoms with Gasteiger partial charge in [0.15, 0.2) is 0 Å². The number of hydrogen-bond donors (Lipinski definition) is 0. The van der Waals surface area contributed by atoms with Gasteiger partial charge >= 0.3 is 0 Å². The fraction of sp³-hybridized carbons (Fsp3) is 0.200. The minimum atomic E-state index is -0.0610. The molecular formula is C30H28N2O3S2. The van der Waals surface area contributed by atoms with Crippen molar-refractivity contribution < 1.29 is 14.3 Å². The van der Waals surface area contributed by atoms with Crippen LogP contribution in [0.15, 0.2) is 83.9 Å². The molecule has 0 atom stereocenters. The zero-order valence-electron chi connectivity index (χ0n) is 20.8. The Bertz CT molecular complexity index is 1460. The zero-order valence-corrected chi connectivity index (χ0v) is 22.5. The Hall–Kier alpha value is -3.55. The van der Waals surface area contributed by atoms with Crippen molar-refractivity contribution in [3.63, 3.8) is 0 Å². The molecule has 0 bridgehead atoms. The fourth-order valence-electron chi connectivity index (χ4n) is 4.33. The number of hydrogen-bond acceptors (Lipinski definition) is 5. The molecule has 0 N–H and O–H groups in total. The van der Waals surface area contributed by atoms with Gasteiger partial charge in [0.25, 0.3) is 5.91 Å². The monoisotopic (exact) mass is 528 g/mol. The first-order valence-corrected chi connectivity index (χ1v) is 13.4. The Kier molecular flexibility index (Phi) is 7.63. The molecule has 1 aliphatic rings. The van der Waals surface area contributed by atoms with Gasteiger partial charge in [0.2, 0.25) is 0 Å². The number of para-hydroxylation sites is 1. The van der Waals surface area contributed by atoms with Crippen LogP contribution in [0.25, 0.3) is 17.0 Å². The summed E-state index contributed by atoms with van der Waals surface area (Å²) in [6.07, 6.45) is 4.96. The average Bonchev–Trinajstić information content (AvgIpc) is 3.40. The highest BCUT2D eigenvalue weighted by Gasteiger charge is 2.32. The maximum Gasteiger partial charge on any atom is 0.266 e. The molecule has 1 saturated heterocycles. The lowest BCUT2D eigenvalue weighted by molar-refractivity contribution is -0.122. The number of nitrogens with zero attached hydrogens (tertiary/aromatic N) is 2. The average molecular weight is 529 g/mol. The summed E-state index contributed by atoms with van der Waals surface area (Å²) in [7, 11) is 1.64. The molecule has 3 aromatic carbocycles. The second-order valence-electron chi connectivity index (χ2n) is 8.93. The lowest BCUT2D eigenvalue weighted by Crippen LogP contribution is -2.27. The molecule has 1 aromatic heterocycles. The van der Waals surface area contributed by atoms with E-state index >= 15 is 0 Å². The van der Waals surface area contributed by atoms with Gasteiger partial charge < -0.3 is 14.0 Å². The van der Waals surface area contributed by atoms with Crippen molar-refractivity contribution in [2.75, 3.05) is 13.7 Å². The Morgan fingerprint density at radius 3 is 2.46 bits per heavy atom. The second kappa shape index (κ2) is 11.2. The van der Waals surface area contributed by atoms with Gasteiger partial charge in [0.1, 0.15) is 15.8 Å². The number of benzene rings is 3. The van der Waals surface area contributed by atoms with Crippen LogP contribution in [0.5, 0.6) is 11.5 Å². The number of rotatable bonds is 9. The van der Waals surface area contributed by atoms with Gasteiger partial charge in [0, 0.05) is 29.2 Å². The van der Waals surface area contributed by atoms with Gasteiger partial charge in [-0.25, -0.2) is 0 Å². The molecular weight excluding hydrogens is 500 g/mol. The van der Waals surface area contributed by atoms with Crippen LogP contribution in [0, 0.1) is 6.92 Å². The lowest BCUT2D eigenvalue weighted by atomic mass is 10.1. The normalized spacial score (nSPS) is 14.6. The van der Waals surface area contributed by atoms with Gasteiger partial charge in [-0.2, -0.15) is 0 Å². The van der Waals surface area contributed by atoms with E-state index in [1.54, 1.807) is 12.0 Å². The number of methoxy groups -OCH3 is 1. The number of amides is 1. The molecule has 4 aromatic rings. The van der Waals surface area contributed by atoms with E-state index in [4.69, 9.17) is 21.7 Å². The summed E-state index contributed by atoms with van der Waals surface area (Å²) in [5.74, 6) is 1.61. The molecule has 0 radical (unpaired) electrons. The smallest absolute Gasteiger partial charge is 0.266 e. The number of carbonyl (C=O) groups excluding carboxylic acids is 1. The number of aromatic nitrogens is 1. The number of fused-ring (bicyclic) bond motifs is 1. The lowest BCUT2D eigenvalue weighted by Gasteiger charge is -2.14. The highest BCUT2D eigenvalue weighted by atomic mass is 32.2. The molecule has 5 nitrogen and oxygen atoms in total. The predicted molar refractivity (Wildman–Crippen MR) is 155 cm³/mol. The van der Waals surface area contributed by atoms with Crippen molar-refractivity contribution in [3.05, 3.63) is 101 Å². The molecule has 0 saturated carbocycles. The number of carbonyl (C=O) groups is 1. The van der Waals surface area contributed by atoms with Crippen molar-refractivity contribution >= 4 is 51.2 Å². The summed E-state index contributed by atoms with van der Waals surface area (Å²) in [4.78, 5) is 15.6. The maximum atomic E-state index is 13.3. The highest BCUT2D eigenvalue weighted by Crippen LogP contribution is 2.35. The van der Waals surface area contributed by atoms with E-state index in [2.05, 4.69) is 42.0 Å². The van der Waals surface area contributed by atoms with Crippen LogP contribution in [-0.2, 0) is 17.9 Å². The van der Waals surface area contributed by atoms with Gasteiger partial charge in [-0.15, -0.1) is 0 Å². The molecule has 1 fully saturated rings. The number of ether oxygens (including phenoxy) is 2. The molecule has 1 amide bonds. The van der Waals surface area contributed by atoms with E-state index in [0.717, 1.165) is 46.5 Å². The van der Waals surface area contributed by atoms with Crippen LogP contribution in [0.2, 0.25) is 0 Å². The van der Waals surface area contributed by atoms with Crippen molar-refractivity contribution in [2.24, 2.45) is 0 Å². The Morgan fingerprint density at radius 1 is 0.973 bits per heavy atom. The molecule has 0 spiro atoms. The van der Waals surface area contributed by atoms with E-state index in [1.807, 2.05) is 54.6 Å². The first kappa shape index (κ1) is 25.1. The van der Waals surface area contributed by atoms with Crippen LogP contribution >= 0.6 is 24.0 Å². The van der Waals surface area contributed by atoms with Crippen LogP contribution in [-0.4, -0.2) is 33.4 Å². The third kappa shape index (κ3) is 5.73. The molecule has 1 aliphatic heterocycles. The van der Waals surface area contributed by atoms with E-state index in [0.29, 0.717) is 22.4 Å². The molecule has 188 valence electrons. The quantitative estimate of drug-likeness (QED) is 0.135. The first-order valence-electron chi connectivity index (χ1n) is 12.2. The Balaban J connectivity index is 1.29. The van der Waals surface area contributed by atoms with Crippen molar-refractivity contribution in [3.8, 4) is 11.5 Å². The van der Waals surface area contributed by atoms with Crippen molar-refractivity contribution in [2.45, 2.75) is 26.4 Å². The van der Waals surface area contributed by atoms with Gasteiger partial charge in [-0.3, -0.25) is 9.69 Å². The number of aryl methyl sites for hydroxylation is 2. The summed E-state index contributed by atoms with van der Waals surface area (Å²) in [5, 5.41) is 1.11. The zero-order chi connectivity index (χ0) is 25.8. The number of thiocarbonyl (C=S) groups is 1. The minimum Gasteiger partial charge on any atom is -0.497 e. The third-order valence-corrected chi connectivity index (χ3v) is 7.69. The van der Waals surface area contributed by atoms with Crippen LogP contribution in [0.3, 0.4) is 0 Å². The van der Waals surface area contributed by atoms with Crippen LogP contribution < -0.4 is 9.47 Å². The predicted octanol–water partition coefficient (Wildman–Crippen LogP) is 6.83. The molecule has 5 rings (SSSR count). The summed E-state index contributed by atoms with van der Waals surface area (Å²) < 4.78 is 13.9. The Morgan fingerprint density at radius 2 is 1.70 bits per heavy atom. The fourth-order valence-corrected chi connectivity index (χ4v) is 5.57. The third-order valence-electron chi connectivity index (χ3n) is 6.31. The highest BCUT2D eigenvalue weighted by molar-refractivity contribution is 8.26. The van der Waals surface area contributed by atoms with E-state index in [9.17, 15) is 4.79 Å².